The van der Waals surface area contributed by atoms with E-state index in [9.17, 15) is 23.3 Å². The van der Waals surface area contributed by atoms with E-state index in [-0.39, 0.29) is 23.7 Å². The molecule has 2 N–H and O–H groups in total. The van der Waals surface area contributed by atoms with Crippen molar-refractivity contribution < 1.29 is 8.42 Å². The van der Waals surface area contributed by atoms with Gasteiger partial charge in [-0.05, 0) is 18.2 Å². The lowest BCUT2D eigenvalue weighted by Crippen LogP contribution is -2.39. The van der Waals surface area contributed by atoms with E-state index in [4.69, 9.17) is 0 Å². The Kier molecular flexibility index (Phi) is 5.64. The summed E-state index contributed by atoms with van der Waals surface area (Å²) in [5, 5.41) is 12.2. The molecule has 0 aliphatic rings. The molecule has 1 aromatic heterocycles. The first-order valence-corrected chi connectivity index (χ1v) is 9.29. The van der Waals surface area contributed by atoms with E-state index in [1.165, 1.54) is 25.7 Å². The molecule has 10 heteroatoms. The first-order valence-electron chi connectivity index (χ1n) is 7.63. The number of benzene rings is 1. The maximum atomic E-state index is 12.1. The lowest BCUT2D eigenvalue weighted by molar-refractivity contribution is 0.587. The van der Waals surface area contributed by atoms with Crippen molar-refractivity contribution in [3.63, 3.8) is 0 Å². The predicted octanol–water partition coefficient (Wildman–Crippen LogP) is -0.383. The topological polar surface area (TPSA) is 126 Å². The van der Waals surface area contributed by atoms with Gasteiger partial charge in [-0.25, -0.2) is 17.9 Å². The number of nitrogens with zero attached hydrogens (tertiary/aromatic N) is 3. The second kappa shape index (κ2) is 7.55. The quantitative estimate of drug-likeness (QED) is 0.706. The molecule has 0 bridgehead atoms. The van der Waals surface area contributed by atoms with Gasteiger partial charge in [-0.2, -0.15) is 5.26 Å². The summed E-state index contributed by atoms with van der Waals surface area (Å²) in [6, 6.07) is 8.70. The molecule has 2 aromatic rings. The average molecular weight is 377 g/mol. The SMILES string of the molecule is CNS(=O)(=O)Cc1ccccc1CNc1c(C#N)c(=O)n(C)c(=O)n1C. The molecular formula is C16H19N5O4S. The van der Waals surface area contributed by atoms with E-state index in [1.807, 2.05) is 6.07 Å². The molecule has 0 amide bonds. The smallest absolute Gasteiger partial charge is 0.332 e. The molecule has 0 fully saturated rings. The second-order valence-electron chi connectivity index (χ2n) is 5.63. The van der Waals surface area contributed by atoms with Crippen LogP contribution in [0.25, 0.3) is 0 Å². The minimum Gasteiger partial charge on any atom is -0.366 e. The molecule has 1 heterocycles. The second-order valence-corrected chi connectivity index (χ2v) is 7.55. The Labute approximate surface area is 150 Å². The zero-order chi connectivity index (χ0) is 19.5. The summed E-state index contributed by atoms with van der Waals surface area (Å²) in [5.41, 5.74) is -0.202. The molecule has 0 aliphatic carbocycles. The largest absolute Gasteiger partial charge is 0.366 e. The van der Waals surface area contributed by atoms with Crippen molar-refractivity contribution in [3.8, 4) is 6.07 Å². The monoisotopic (exact) mass is 377 g/mol. The van der Waals surface area contributed by atoms with Crippen LogP contribution >= 0.6 is 0 Å². The number of anilines is 1. The van der Waals surface area contributed by atoms with Crippen molar-refractivity contribution in [1.29, 1.82) is 5.26 Å². The Bertz CT molecular complexity index is 1090. The number of hydrogen-bond acceptors (Lipinski definition) is 6. The number of aromatic nitrogens is 2. The third-order valence-corrected chi connectivity index (χ3v) is 5.31. The van der Waals surface area contributed by atoms with Crippen molar-refractivity contribution in [2.75, 3.05) is 12.4 Å². The van der Waals surface area contributed by atoms with Crippen molar-refractivity contribution in [2.45, 2.75) is 12.3 Å². The van der Waals surface area contributed by atoms with Crippen LogP contribution in [0.2, 0.25) is 0 Å². The van der Waals surface area contributed by atoms with Crippen LogP contribution < -0.4 is 21.3 Å². The van der Waals surface area contributed by atoms with Gasteiger partial charge in [0.1, 0.15) is 11.9 Å². The van der Waals surface area contributed by atoms with Crippen molar-refractivity contribution in [3.05, 3.63) is 61.8 Å². The summed E-state index contributed by atoms with van der Waals surface area (Å²) >= 11 is 0. The molecule has 26 heavy (non-hydrogen) atoms. The van der Waals surface area contributed by atoms with Crippen LogP contribution in [-0.2, 0) is 36.4 Å². The van der Waals surface area contributed by atoms with E-state index < -0.39 is 21.3 Å². The first-order chi connectivity index (χ1) is 12.2. The van der Waals surface area contributed by atoms with Crippen LogP contribution in [-0.4, -0.2) is 24.6 Å². The molecule has 138 valence electrons. The van der Waals surface area contributed by atoms with Crippen molar-refractivity contribution >= 4 is 15.8 Å². The Morgan fingerprint density at radius 1 is 1.12 bits per heavy atom. The fourth-order valence-corrected chi connectivity index (χ4v) is 3.31. The van der Waals surface area contributed by atoms with E-state index in [0.717, 1.165) is 4.57 Å². The highest BCUT2D eigenvalue weighted by atomic mass is 32.2. The van der Waals surface area contributed by atoms with Gasteiger partial charge in [-0.1, -0.05) is 24.3 Å². The van der Waals surface area contributed by atoms with Gasteiger partial charge in [0, 0.05) is 20.6 Å². The van der Waals surface area contributed by atoms with E-state index >= 15 is 0 Å². The summed E-state index contributed by atoms with van der Waals surface area (Å²) in [5.74, 6) is -0.117. The van der Waals surface area contributed by atoms with E-state index in [2.05, 4.69) is 10.0 Å². The highest BCUT2D eigenvalue weighted by molar-refractivity contribution is 7.88. The summed E-state index contributed by atoms with van der Waals surface area (Å²) in [7, 11) is 0.627. The zero-order valence-corrected chi connectivity index (χ0v) is 15.4. The van der Waals surface area contributed by atoms with Crippen LogP contribution in [0, 0.1) is 11.3 Å². The summed E-state index contributed by atoms with van der Waals surface area (Å²) in [6.45, 7) is 0.143. The van der Waals surface area contributed by atoms with Crippen LogP contribution in [0.5, 0.6) is 0 Å². The Balaban J connectivity index is 2.42. The third-order valence-electron chi connectivity index (χ3n) is 4.00. The fraction of sp³-hybridized carbons (Fsp3) is 0.312. The van der Waals surface area contributed by atoms with Crippen LogP contribution in [0.1, 0.15) is 16.7 Å². The Morgan fingerprint density at radius 3 is 2.31 bits per heavy atom. The van der Waals surface area contributed by atoms with Gasteiger partial charge in [0.25, 0.3) is 5.56 Å². The molecule has 0 saturated heterocycles. The number of hydrogen-bond donors (Lipinski definition) is 2. The lowest BCUT2D eigenvalue weighted by Gasteiger charge is -2.15. The molecule has 0 unspecified atom stereocenters. The maximum absolute atomic E-state index is 12.1. The van der Waals surface area contributed by atoms with Gasteiger partial charge in [0.05, 0.1) is 5.75 Å². The van der Waals surface area contributed by atoms with E-state index in [1.54, 1.807) is 24.3 Å². The molecule has 9 nitrogen and oxygen atoms in total. The Hall–Kier alpha value is -2.90. The standard InChI is InChI=1S/C16H19N5O4S/c1-18-26(24,25)10-12-7-5-4-6-11(12)9-19-14-13(8-17)15(22)21(3)16(23)20(14)2/h4-7,18-19H,9-10H2,1-3H3. The molecular weight excluding hydrogens is 358 g/mol. The number of rotatable bonds is 6. The molecule has 0 radical (unpaired) electrons. The Morgan fingerprint density at radius 2 is 1.73 bits per heavy atom. The molecule has 2 rings (SSSR count). The predicted molar refractivity (Wildman–Crippen MR) is 97.1 cm³/mol. The first kappa shape index (κ1) is 19.4. The number of nitrogens with one attached hydrogen (secondary N) is 2. The van der Waals surface area contributed by atoms with Gasteiger partial charge >= 0.3 is 5.69 Å². The van der Waals surface area contributed by atoms with Crippen LogP contribution in [0.15, 0.2) is 33.9 Å². The average Bonchev–Trinajstić information content (AvgIpc) is 2.62. The summed E-state index contributed by atoms with van der Waals surface area (Å²) in [6.07, 6.45) is 0. The highest BCUT2D eigenvalue weighted by Gasteiger charge is 2.16. The fourth-order valence-electron chi connectivity index (χ4n) is 2.48. The minimum atomic E-state index is -3.46. The zero-order valence-electron chi connectivity index (χ0n) is 14.6. The summed E-state index contributed by atoms with van der Waals surface area (Å²) < 4.78 is 27.9. The molecule has 1 aromatic carbocycles. The van der Waals surface area contributed by atoms with Gasteiger partial charge in [-0.15, -0.1) is 0 Å². The highest BCUT2D eigenvalue weighted by Crippen LogP contribution is 2.15. The number of nitriles is 1. The number of sulfonamides is 1. The third kappa shape index (κ3) is 3.84. The minimum absolute atomic E-state index is 0.0897. The van der Waals surface area contributed by atoms with Crippen molar-refractivity contribution in [2.24, 2.45) is 14.1 Å². The van der Waals surface area contributed by atoms with Crippen LogP contribution in [0.3, 0.4) is 0 Å². The van der Waals surface area contributed by atoms with Crippen LogP contribution in [0.4, 0.5) is 5.82 Å². The van der Waals surface area contributed by atoms with Gasteiger partial charge in [0.2, 0.25) is 10.0 Å². The van der Waals surface area contributed by atoms with Gasteiger partial charge in [0.15, 0.2) is 5.56 Å². The van der Waals surface area contributed by atoms with E-state index in [0.29, 0.717) is 11.1 Å². The molecule has 0 saturated carbocycles. The van der Waals surface area contributed by atoms with Gasteiger partial charge in [-0.3, -0.25) is 13.9 Å². The maximum Gasteiger partial charge on any atom is 0.332 e. The lowest BCUT2D eigenvalue weighted by atomic mass is 10.1. The summed E-state index contributed by atoms with van der Waals surface area (Å²) in [4.78, 5) is 24.2. The van der Waals surface area contributed by atoms with Gasteiger partial charge < -0.3 is 5.32 Å². The molecule has 0 spiro atoms. The van der Waals surface area contributed by atoms with Crippen molar-refractivity contribution in [1.82, 2.24) is 13.9 Å². The normalized spacial score (nSPS) is 11.2. The molecule has 0 aliphatic heterocycles. The molecule has 0 atom stereocenters.